The smallest absolute Gasteiger partial charge is 0.218 e. The van der Waals surface area contributed by atoms with Crippen molar-refractivity contribution in [2.24, 2.45) is 5.73 Å². The third-order valence-corrected chi connectivity index (χ3v) is 3.87. The molecule has 0 spiro atoms. The molecule has 1 aromatic rings. The van der Waals surface area contributed by atoms with Crippen molar-refractivity contribution >= 4 is 43.2 Å². The van der Waals surface area contributed by atoms with E-state index in [0.717, 1.165) is 10.0 Å². The predicted octanol–water partition coefficient (Wildman–Crippen LogP) is 1.15. The first-order chi connectivity index (χ1) is 7.39. The van der Waals surface area contributed by atoms with Crippen molar-refractivity contribution in [3.8, 4) is 0 Å². The quantitative estimate of drug-likeness (QED) is 0.798. The zero-order valence-electron chi connectivity index (χ0n) is 8.31. The number of benzene rings is 1. The highest BCUT2D eigenvalue weighted by Gasteiger charge is 2.10. The molecule has 88 valence electrons. The average Bonchev–Trinajstić information content (AvgIpc) is 2.15. The van der Waals surface area contributed by atoms with Crippen molar-refractivity contribution in [2.45, 2.75) is 6.54 Å². The molecular formula is C9H11BrN2O2S2. The minimum absolute atomic E-state index is 0.0386. The summed E-state index contributed by atoms with van der Waals surface area (Å²) >= 11 is 7.84. The van der Waals surface area contributed by atoms with Crippen LogP contribution in [0.3, 0.4) is 0 Å². The van der Waals surface area contributed by atoms with Gasteiger partial charge < -0.3 is 5.73 Å². The molecule has 3 N–H and O–H groups in total. The summed E-state index contributed by atoms with van der Waals surface area (Å²) in [5.74, 6) is -0.321. The van der Waals surface area contributed by atoms with E-state index in [1.807, 2.05) is 24.3 Å². The number of nitrogens with one attached hydrogen (secondary N) is 1. The fourth-order valence-electron chi connectivity index (χ4n) is 1.03. The molecule has 16 heavy (non-hydrogen) atoms. The third kappa shape index (κ3) is 5.02. The van der Waals surface area contributed by atoms with E-state index in [0.29, 0.717) is 0 Å². The second-order valence-corrected chi connectivity index (χ2v) is 6.42. The van der Waals surface area contributed by atoms with E-state index in [9.17, 15) is 8.42 Å². The molecule has 0 aromatic heterocycles. The molecule has 0 radical (unpaired) electrons. The van der Waals surface area contributed by atoms with Gasteiger partial charge in [0.2, 0.25) is 10.0 Å². The molecule has 7 heteroatoms. The molecule has 1 aromatic carbocycles. The Morgan fingerprint density at radius 3 is 2.44 bits per heavy atom. The van der Waals surface area contributed by atoms with Crippen LogP contribution in [0.15, 0.2) is 28.7 Å². The van der Waals surface area contributed by atoms with Crippen LogP contribution in [0.5, 0.6) is 0 Å². The van der Waals surface area contributed by atoms with Crippen LogP contribution >= 0.6 is 28.1 Å². The van der Waals surface area contributed by atoms with Gasteiger partial charge in [-0.25, -0.2) is 13.1 Å². The average molecular weight is 323 g/mol. The van der Waals surface area contributed by atoms with Crippen LogP contribution < -0.4 is 10.5 Å². The Kier molecular flexibility index (Phi) is 4.85. The maximum atomic E-state index is 11.4. The standard InChI is InChI=1S/C9H11BrN2O2S2/c10-8-3-1-7(2-4-8)5-12-16(13,14)6-9(11)15/h1-4,12H,5-6H2,(H2,11,15). The highest BCUT2D eigenvalue weighted by molar-refractivity contribution is 9.10. The van der Waals surface area contributed by atoms with Gasteiger partial charge in [-0.3, -0.25) is 0 Å². The summed E-state index contributed by atoms with van der Waals surface area (Å²) in [5.41, 5.74) is 6.04. The zero-order valence-corrected chi connectivity index (χ0v) is 11.5. The largest absolute Gasteiger partial charge is 0.392 e. The molecule has 0 bridgehead atoms. The first-order valence-corrected chi connectivity index (χ1v) is 7.24. The summed E-state index contributed by atoms with van der Waals surface area (Å²) in [4.78, 5) is -0.0386. The Bertz CT molecular complexity index is 471. The normalized spacial score (nSPS) is 11.3. The van der Waals surface area contributed by atoms with Crippen LogP contribution in [0.25, 0.3) is 0 Å². The van der Waals surface area contributed by atoms with Crippen LogP contribution in [0, 0.1) is 0 Å². The molecule has 0 saturated carbocycles. The van der Waals surface area contributed by atoms with Gasteiger partial charge >= 0.3 is 0 Å². The van der Waals surface area contributed by atoms with E-state index >= 15 is 0 Å². The van der Waals surface area contributed by atoms with Crippen LogP contribution in [-0.2, 0) is 16.6 Å². The molecule has 0 saturated heterocycles. The van der Waals surface area contributed by atoms with Crippen LogP contribution in [0.2, 0.25) is 0 Å². The Balaban J connectivity index is 2.58. The van der Waals surface area contributed by atoms with Crippen molar-refractivity contribution < 1.29 is 8.42 Å². The third-order valence-electron chi connectivity index (χ3n) is 1.74. The molecule has 0 aliphatic carbocycles. The van der Waals surface area contributed by atoms with Gasteiger partial charge in [0.1, 0.15) is 5.75 Å². The SMILES string of the molecule is NC(=S)CS(=O)(=O)NCc1ccc(Br)cc1. The van der Waals surface area contributed by atoms with Gasteiger partial charge in [0.25, 0.3) is 0 Å². The zero-order chi connectivity index (χ0) is 12.2. The van der Waals surface area contributed by atoms with Crippen molar-refractivity contribution in [2.75, 3.05) is 5.75 Å². The van der Waals surface area contributed by atoms with Crippen LogP contribution in [0.4, 0.5) is 0 Å². The molecule has 0 amide bonds. The number of hydrogen-bond donors (Lipinski definition) is 2. The lowest BCUT2D eigenvalue weighted by Crippen LogP contribution is -2.31. The number of halogens is 1. The molecule has 0 aliphatic heterocycles. The summed E-state index contributed by atoms with van der Waals surface area (Å²) in [6.07, 6.45) is 0. The lowest BCUT2D eigenvalue weighted by molar-refractivity contribution is 0.585. The number of hydrogen-bond acceptors (Lipinski definition) is 3. The van der Waals surface area contributed by atoms with E-state index in [4.69, 9.17) is 5.73 Å². The first-order valence-electron chi connectivity index (χ1n) is 4.39. The molecule has 0 heterocycles. The van der Waals surface area contributed by atoms with Gasteiger partial charge in [-0.15, -0.1) is 0 Å². The van der Waals surface area contributed by atoms with Crippen molar-refractivity contribution in [3.63, 3.8) is 0 Å². The summed E-state index contributed by atoms with van der Waals surface area (Å²) in [6.45, 7) is 0.234. The van der Waals surface area contributed by atoms with Gasteiger partial charge in [-0.05, 0) is 17.7 Å². The Hall–Kier alpha value is -0.500. The van der Waals surface area contributed by atoms with E-state index in [-0.39, 0.29) is 17.3 Å². The Labute approximate surface area is 108 Å². The second kappa shape index (κ2) is 5.72. The summed E-state index contributed by atoms with van der Waals surface area (Å²) in [5, 5.41) is 0. The predicted molar refractivity (Wildman–Crippen MR) is 71.6 cm³/mol. The van der Waals surface area contributed by atoms with E-state index in [1.54, 1.807) is 0 Å². The molecule has 0 aliphatic rings. The van der Waals surface area contributed by atoms with Crippen LogP contribution in [-0.4, -0.2) is 19.2 Å². The van der Waals surface area contributed by atoms with Crippen molar-refractivity contribution in [1.29, 1.82) is 0 Å². The minimum Gasteiger partial charge on any atom is -0.392 e. The monoisotopic (exact) mass is 322 g/mol. The highest BCUT2D eigenvalue weighted by atomic mass is 79.9. The maximum Gasteiger partial charge on any atom is 0.218 e. The fraction of sp³-hybridized carbons (Fsp3) is 0.222. The minimum atomic E-state index is -3.42. The van der Waals surface area contributed by atoms with Crippen LogP contribution in [0.1, 0.15) is 5.56 Å². The Morgan fingerprint density at radius 1 is 1.38 bits per heavy atom. The summed E-state index contributed by atoms with van der Waals surface area (Å²) in [6, 6.07) is 7.34. The Morgan fingerprint density at radius 2 is 1.94 bits per heavy atom. The number of thiocarbonyl (C=S) groups is 1. The highest BCUT2D eigenvalue weighted by Crippen LogP contribution is 2.10. The number of nitrogens with two attached hydrogens (primary N) is 1. The number of sulfonamides is 1. The van der Waals surface area contributed by atoms with Gasteiger partial charge in [0, 0.05) is 11.0 Å². The van der Waals surface area contributed by atoms with Gasteiger partial charge in [0.05, 0.1) is 4.99 Å². The molecule has 0 fully saturated rings. The molecular weight excluding hydrogens is 312 g/mol. The van der Waals surface area contributed by atoms with Gasteiger partial charge in [0.15, 0.2) is 0 Å². The fourth-order valence-corrected chi connectivity index (χ4v) is 2.63. The molecule has 4 nitrogen and oxygen atoms in total. The van der Waals surface area contributed by atoms with Crippen molar-refractivity contribution in [1.82, 2.24) is 4.72 Å². The lowest BCUT2D eigenvalue weighted by Gasteiger charge is -2.05. The van der Waals surface area contributed by atoms with E-state index < -0.39 is 10.0 Å². The van der Waals surface area contributed by atoms with Gasteiger partial charge in [-0.2, -0.15) is 0 Å². The first kappa shape index (κ1) is 13.6. The summed E-state index contributed by atoms with van der Waals surface area (Å²) < 4.78 is 26.1. The molecule has 0 unspecified atom stereocenters. The van der Waals surface area contributed by atoms with Crippen molar-refractivity contribution in [3.05, 3.63) is 34.3 Å². The van der Waals surface area contributed by atoms with Gasteiger partial charge in [-0.1, -0.05) is 40.3 Å². The molecule has 0 atom stereocenters. The van der Waals surface area contributed by atoms with E-state index in [1.165, 1.54) is 0 Å². The number of rotatable bonds is 5. The topological polar surface area (TPSA) is 72.2 Å². The van der Waals surface area contributed by atoms with E-state index in [2.05, 4.69) is 32.9 Å². The maximum absolute atomic E-state index is 11.4. The summed E-state index contributed by atoms with van der Waals surface area (Å²) in [7, 11) is -3.42. The second-order valence-electron chi connectivity index (χ2n) is 3.17. The lowest BCUT2D eigenvalue weighted by atomic mass is 10.2. The molecule has 1 rings (SSSR count).